The van der Waals surface area contributed by atoms with Crippen LogP contribution < -0.4 is 10.5 Å². The fourth-order valence-electron chi connectivity index (χ4n) is 1.36. The Morgan fingerprint density at radius 1 is 1.50 bits per heavy atom. The Balaban J connectivity index is 2.64. The summed E-state index contributed by atoms with van der Waals surface area (Å²) in [6, 6.07) is 5.52. The number of hydrogen-bond donors (Lipinski definition) is 1. The van der Waals surface area contributed by atoms with Gasteiger partial charge in [0.25, 0.3) is 0 Å². The normalized spacial score (nSPS) is 12.5. The quantitative estimate of drug-likeness (QED) is 0.795. The van der Waals surface area contributed by atoms with E-state index in [4.69, 9.17) is 22.1 Å². The van der Waals surface area contributed by atoms with E-state index in [9.17, 15) is 0 Å². The van der Waals surface area contributed by atoms with Crippen molar-refractivity contribution in [2.75, 3.05) is 18.1 Å². The molecular weight excluding hydrogens is 242 g/mol. The molecule has 0 aliphatic rings. The predicted octanol–water partition coefficient (Wildman–Crippen LogP) is 3.49. The van der Waals surface area contributed by atoms with Crippen LogP contribution in [0.25, 0.3) is 0 Å². The molecule has 0 saturated heterocycles. The highest BCUT2D eigenvalue weighted by atomic mass is 35.5. The number of benzene rings is 1. The van der Waals surface area contributed by atoms with Gasteiger partial charge in [0, 0.05) is 22.4 Å². The zero-order valence-corrected chi connectivity index (χ0v) is 11.3. The molecule has 1 aromatic rings. The third-order valence-electron chi connectivity index (χ3n) is 2.15. The van der Waals surface area contributed by atoms with Gasteiger partial charge in [-0.25, -0.2) is 0 Å². The summed E-state index contributed by atoms with van der Waals surface area (Å²) in [5.74, 6) is 2.96. The number of thioether (sulfide) groups is 1. The highest BCUT2D eigenvalue weighted by molar-refractivity contribution is 7.99. The molecule has 4 heteroatoms. The average Bonchev–Trinajstić information content (AvgIpc) is 2.26. The second-order valence-electron chi connectivity index (χ2n) is 3.52. The average molecular weight is 260 g/mol. The molecule has 0 radical (unpaired) electrons. The molecular formula is C12H18ClNOS. The summed E-state index contributed by atoms with van der Waals surface area (Å²) in [6.45, 7) is 4.78. The smallest absolute Gasteiger partial charge is 0.124 e. The van der Waals surface area contributed by atoms with Gasteiger partial charge in [-0.1, -0.05) is 18.5 Å². The zero-order valence-electron chi connectivity index (χ0n) is 9.70. The molecule has 0 fully saturated rings. The molecule has 16 heavy (non-hydrogen) atoms. The third kappa shape index (κ3) is 4.24. The first kappa shape index (κ1) is 13.7. The van der Waals surface area contributed by atoms with Gasteiger partial charge >= 0.3 is 0 Å². The Morgan fingerprint density at radius 2 is 2.25 bits per heavy atom. The second-order valence-corrected chi connectivity index (χ2v) is 5.35. The van der Waals surface area contributed by atoms with E-state index in [1.165, 1.54) is 0 Å². The first-order valence-electron chi connectivity index (χ1n) is 5.40. The van der Waals surface area contributed by atoms with E-state index >= 15 is 0 Å². The summed E-state index contributed by atoms with van der Waals surface area (Å²) in [7, 11) is 0. The maximum atomic E-state index is 5.93. The molecule has 0 heterocycles. The maximum Gasteiger partial charge on any atom is 0.124 e. The van der Waals surface area contributed by atoms with Crippen molar-refractivity contribution in [1.82, 2.24) is 0 Å². The molecule has 0 aliphatic carbocycles. The Morgan fingerprint density at radius 3 is 2.88 bits per heavy atom. The van der Waals surface area contributed by atoms with E-state index in [0.29, 0.717) is 11.6 Å². The molecule has 2 N–H and O–H groups in total. The molecule has 0 bridgehead atoms. The minimum Gasteiger partial charge on any atom is -0.492 e. The van der Waals surface area contributed by atoms with Crippen LogP contribution in [0, 0.1) is 0 Å². The lowest BCUT2D eigenvalue weighted by molar-refractivity contribution is 0.338. The van der Waals surface area contributed by atoms with Crippen molar-refractivity contribution >= 4 is 23.4 Å². The van der Waals surface area contributed by atoms with Gasteiger partial charge < -0.3 is 10.5 Å². The lowest BCUT2D eigenvalue weighted by Gasteiger charge is -2.14. The van der Waals surface area contributed by atoms with Crippen molar-refractivity contribution in [2.24, 2.45) is 5.73 Å². The van der Waals surface area contributed by atoms with Crippen molar-refractivity contribution in [3.05, 3.63) is 28.8 Å². The lowest BCUT2D eigenvalue weighted by Crippen LogP contribution is -2.09. The second kappa shape index (κ2) is 7.05. The summed E-state index contributed by atoms with van der Waals surface area (Å²) in [5.41, 5.74) is 6.84. The molecule has 1 aromatic carbocycles. The Labute approximate surface area is 107 Å². The molecule has 0 unspecified atom stereocenters. The van der Waals surface area contributed by atoms with Gasteiger partial charge in [-0.15, -0.1) is 0 Å². The van der Waals surface area contributed by atoms with Crippen molar-refractivity contribution in [1.29, 1.82) is 0 Å². The Hall–Kier alpha value is -0.380. The lowest BCUT2D eigenvalue weighted by atomic mass is 10.1. The van der Waals surface area contributed by atoms with Gasteiger partial charge in [0.05, 0.1) is 6.61 Å². The zero-order chi connectivity index (χ0) is 12.0. The van der Waals surface area contributed by atoms with Gasteiger partial charge in [-0.2, -0.15) is 11.8 Å². The molecule has 90 valence electrons. The molecule has 1 rings (SSSR count). The first-order valence-corrected chi connectivity index (χ1v) is 6.94. The maximum absolute atomic E-state index is 5.93. The van der Waals surface area contributed by atoms with Crippen molar-refractivity contribution < 1.29 is 4.74 Å². The summed E-state index contributed by atoms with van der Waals surface area (Å²) < 4.78 is 5.70. The highest BCUT2D eigenvalue weighted by Crippen LogP contribution is 2.27. The van der Waals surface area contributed by atoms with Crippen LogP contribution in [0.3, 0.4) is 0 Å². The number of halogens is 1. The third-order valence-corrected chi connectivity index (χ3v) is 3.25. The fourth-order valence-corrected chi connectivity index (χ4v) is 2.03. The molecule has 1 atom stereocenters. The van der Waals surface area contributed by atoms with Crippen LogP contribution in [0.5, 0.6) is 5.75 Å². The van der Waals surface area contributed by atoms with Crippen LogP contribution in [0.4, 0.5) is 0 Å². The van der Waals surface area contributed by atoms with Gasteiger partial charge in [0.1, 0.15) is 5.75 Å². The van der Waals surface area contributed by atoms with Gasteiger partial charge in [0.2, 0.25) is 0 Å². The van der Waals surface area contributed by atoms with Gasteiger partial charge in [-0.3, -0.25) is 0 Å². The molecule has 0 spiro atoms. The Kier molecular flexibility index (Phi) is 6.03. The van der Waals surface area contributed by atoms with Crippen molar-refractivity contribution in [3.63, 3.8) is 0 Å². The standard InChI is InChI=1S/C12H18ClNOS/c1-3-16-7-6-15-12-5-4-10(13)8-11(12)9(2)14/h4-5,8-9H,3,6-7,14H2,1-2H3/t9-/m1/s1. The largest absolute Gasteiger partial charge is 0.492 e. The van der Waals surface area contributed by atoms with Crippen molar-refractivity contribution in [3.8, 4) is 5.75 Å². The molecule has 2 nitrogen and oxygen atoms in total. The Bertz CT molecular complexity index is 331. The molecule has 0 amide bonds. The summed E-state index contributed by atoms with van der Waals surface area (Å²) in [6.07, 6.45) is 0. The summed E-state index contributed by atoms with van der Waals surface area (Å²) >= 11 is 7.79. The molecule has 0 aliphatic heterocycles. The summed E-state index contributed by atoms with van der Waals surface area (Å²) in [5, 5.41) is 0.697. The van der Waals surface area contributed by atoms with Gasteiger partial charge in [-0.05, 0) is 30.9 Å². The fraction of sp³-hybridized carbons (Fsp3) is 0.500. The number of ether oxygens (including phenoxy) is 1. The van der Waals surface area contributed by atoms with E-state index in [1.54, 1.807) is 0 Å². The number of nitrogens with two attached hydrogens (primary N) is 1. The monoisotopic (exact) mass is 259 g/mol. The molecule has 0 saturated carbocycles. The van der Waals surface area contributed by atoms with Crippen LogP contribution in [0.1, 0.15) is 25.5 Å². The summed E-state index contributed by atoms with van der Waals surface area (Å²) in [4.78, 5) is 0. The number of hydrogen-bond acceptors (Lipinski definition) is 3. The van der Waals surface area contributed by atoms with Crippen LogP contribution in [0.2, 0.25) is 5.02 Å². The minimum absolute atomic E-state index is 0.0625. The minimum atomic E-state index is -0.0625. The van der Waals surface area contributed by atoms with E-state index in [1.807, 2.05) is 36.9 Å². The molecule has 0 aromatic heterocycles. The van der Waals surface area contributed by atoms with Crippen LogP contribution >= 0.6 is 23.4 Å². The topological polar surface area (TPSA) is 35.2 Å². The highest BCUT2D eigenvalue weighted by Gasteiger charge is 2.08. The first-order chi connectivity index (χ1) is 7.65. The van der Waals surface area contributed by atoms with Crippen LogP contribution in [0.15, 0.2) is 18.2 Å². The predicted molar refractivity (Wildman–Crippen MR) is 72.5 cm³/mol. The van der Waals surface area contributed by atoms with Gasteiger partial charge in [0.15, 0.2) is 0 Å². The van der Waals surface area contributed by atoms with E-state index < -0.39 is 0 Å². The van der Waals surface area contributed by atoms with Crippen molar-refractivity contribution in [2.45, 2.75) is 19.9 Å². The number of rotatable bonds is 6. The van der Waals surface area contributed by atoms with E-state index in [2.05, 4.69) is 6.92 Å². The van der Waals surface area contributed by atoms with E-state index in [0.717, 1.165) is 22.8 Å². The van der Waals surface area contributed by atoms with Crippen LogP contribution in [-0.4, -0.2) is 18.1 Å². The van der Waals surface area contributed by atoms with Crippen LogP contribution in [-0.2, 0) is 0 Å². The van der Waals surface area contributed by atoms with E-state index in [-0.39, 0.29) is 6.04 Å². The SMILES string of the molecule is CCSCCOc1ccc(Cl)cc1[C@@H](C)N.